The normalized spacial score (nSPS) is 23.1. The Kier molecular flexibility index (Phi) is 2.45. The molecule has 0 aliphatic carbocycles. The predicted molar refractivity (Wildman–Crippen MR) is 37.6 cm³/mol. The van der Waals surface area contributed by atoms with Crippen molar-refractivity contribution in [1.82, 2.24) is 5.32 Å². The van der Waals surface area contributed by atoms with Crippen LogP contribution in [0.2, 0.25) is 0 Å². The average Bonchev–Trinajstić information content (AvgIpc) is 2.40. The molecule has 1 atom stereocenters. The van der Waals surface area contributed by atoms with Gasteiger partial charge in [0.05, 0.1) is 13.5 Å². The van der Waals surface area contributed by atoms with Crippen LogP contribution in [0.5, 0.6) is 0 Å². The summed E-state index contributed by atoms with van der Waals surface area (Å²) in [5.74, 6) is -0.163. The minimum absolute atomic E-state index is 0.163. The molecule has 0 aromatic carbocycles. The van der Waals surface area contributed by atoms with Gasteiger partial charge in [-0.2, -0.15) is 0 Å². The number of carbonyl (C=O) groups is 1. The number of methoxy groups -OCH3 is 1. The molecule has 1 heterocycles. The maximum atomic E-state index is 10.7. The Morgan fingerprint density at radius 1 is 1.90 bits per heavy atom. The van der Waals surface area contributed by atoms with Crippen LogP contribution in [0, 0.1) is 0 Å². The number of ether oxygens (including phenoxy) is 1. The van der Waals surface area contributed by atoms with Gasteiger partial charge in [-0.1, -0.05) is 12.2 Å². The predicted octanol–water partition coefficient (Wildman–Crippen LogP) is 0.0775. The fourth-order valence-electron chi connectivity index (χ4n) is 0.923. The third-order valence-corrected chi connectivity index (χ3v) is 1.48. The third-order valence-electron chi connectivity index (χ3n) is 1.48. The lowest BCUT2D eigenvalue weighted by Gasteiger charge is -2.05. The molecule has 56 valence electrons. The van der Waals surface area contributed by atoms with E-state index in [9.17, 15) is 4.79 Å². The fourth-order valence-corrected chi connectivity index (χ4v) is 0.923. The zero-order chi connectivity index (χ0) is 7.40. The lowest BCUT2D eigenvalue weighted by molar-refractivity contribution is -0.140. The molecule has 0 bridgehead atoms. The first-order valence-corrected chi connectivity index (χ1v) is 3.30. The molecule has 1 aliphatic rings. The third kappa shape index (κ3) is 1.84. The zero-order valence-electron chi connectivity index (χ0n) is 5.96. The number of esters is 1. The second-order valence-corrected chi connectivity index (χ2v) is 2.22. The van der Waals surface area contributed by atoms with Gasteiger partial charge in [0.2, 0.25) is 0 Å². The molecule has 1 aliphatic heterocycles. The summed E-state index contributed by atoms with van der Waals surface area (Å²) in [4.78, 5) is 10.7. The first kappa shape index (κ1) is 7.28. The maximum absolute atomic E-state index is 10.7. The second-order valence-electron chi connectivity index (χ2n) is 2.22. The standard InChI is InChI=1S/C7H11NO2/c1-10-7(9)5-6-3-2-4-8-6/h2-3,6,8H,4-5H2,1H3. The minimum atomic E-state index is -0.163. The number of rotatable bonds is 2. The van der Waals surface area contributed by atoms with E-state index in [4.69, 9.17) is 0 Å². The topological polar surface area (TPSA) is 38.3 Å². The molecule has 0 spiro atoms. The van der Waals surface area contributed by atoms with Gasteiger partial charge in [0, 0.05) is 12.6 Å². The van der Waals surface area contributed by atoms with Crippen molar-refractivity contribution in [2.45, 2.75) is 12.5 Å². The first-order chi connectivity index (χ1) is 4.83. The van der Waals surface area contributed by atoms with Gasteiger partial charge < -0.3 is 10.1 Å². The monoisotopic (exact) mass is 141 g/mol. The average molecular weight is 141 g/mol. The fraction of sp³-hybridized carbons (Fsp3) is 0.571. The molecule has 0 saturated heterocycles. The Bertz CT molecular complexity index is 154. The molecular formula is C7H11NO2. The van der Waals surface area contributed by atoms with Crippen molar-refractivity contribution >= 4 is 5.97 Å². The highest BCUT2D eigenvalue weighted by molar-refractivity contribution is 5.70. The van der Waals surface area contributed by atoms with Gasteiger partial charge in [-0.25, -0.2) is 0 Å². The van der Waals surface area contributed by atoms with Crippen LogP contribution in [0.25, 0.3) is 0 Å². The highest BCUT2D eigenvalue weighted by atomic mass is 16.5. The Labute approximate surface area is 60.1 Å². The first-order valence-electron chi connectivity index (χ1n) is 3.30. The summed E-state index contributed by atoms with van der Waals surface area (Å²) in [7, 11) is 1.40. The Morgan fingerprint density at radius 2 is 2.70 bits per heavy atom. The van der Waals surface area contributed by atoms with Crippen molar-refractivity contribution in [3.05, 3.63) is 12.2 Å². The van der Waals surface area contributed by atoms with Gasteiger partial charge in [0.1, 0.15) is 0 Å². The molecular weight excluding hydrogens is 130 g/mol. The Hall–Kier alpha value is -0.830. The maximum Gasteiger partial charge on any atom is 0.307 e. The molecule has 0 amide bonds. The van der Waals surface area contributed by atoms with Gasteiger partial charge in [-0.15, -0.1) is 0 Å². The highest BCUT2D eigenvalue weighted by Crippen LogP contribution is 2.00. The summed E-state index contributed by atoms with van der Waals surface area (Å²) in [6, 6.07) is 0.187. The summed E-state index contributed by atoms with van der Waals surface area (Å²) in [6.45, 7) is 0.863. The van der Waals surface area contributed by atoms with Crippen molar-refractivity contribution in [3.8, 4) is 0 Å². The van der Waals surface area contributed by atoms with Crippen LogP contribution in [0.1, 0.15) is 6.42 Å². The number of nitrogens with one attached hydrogen (secondary N) is 1. The van der Waals surface area contributed by atoms with Crippen LogP contribution in [0.4, 0.5) is 0 Å². The smallest absolute Gasteiger partial charge is 0.307 e. The van der Waals surface area contributed by atoms with Crippen molar-refractivity contribution < 1.29 is 9.53 Å². The molecule has 0 aromatic heterocycles. The molecule has 1 N–H and O–H groups in total. The molecule has 3 nitrogen and oxygen atoms in total. The quantitative estimate of drug-likeness (QED) is 0.437. The molecule has 0 radical (unpaired) electrons. The lowest BCUT2D eigenvalue weighted by atomic mass is 10.2. The summed E-state index contributed by atoms with van der Waals surface area (Å²) in [5, 5.41) is 3.11. The van der Waals surface area contributed by atoms with E-state index < -0.39 is 0 Å². The van der Waals surface area contributed by atoms with Gasteiger partial charge in [0.15, 0.2) is 0 Å². The van der Waals surface area contributed by atoms with Crippen molar-refractivity contribution in [2.75, 3.05) is 13.7 Å². The minimum Gasteiger partial charge on any atom is -0.469 e. The van der Waals surface area contributed by atoms with Crippen molar-refractivity contribution in [3.63, 3.8) is 0 Å². The van der Waals surface area contributed by atoms with Crippen LogP contribution in [-0.4, -0.2) is 25.7 Å². The second kappa shape index (κ2) is 3.37. The van der Waals surface area contributed by atoms with E-state index in [0.717, 1.165) is 6.54 Å². The highest BCUT2D eigenvalue weighted by Gasteiger charge is 2.12. The van der Waals surface area contributed by atoms with Crippen LogP contribution >= 0.6 is 0 Å². The van der Waals surface area contributed by atoms with Crippen LogP contribution in [0.15, 0.2) is 12.2 Å². The molecule has 3 heteroatoms. The van der Waals surface area contributed by atoms with E-state index >= 15 is 0 Å². The van der Waals surface area contributed by atoms with Crippen molar-refractivity contribution in [1.29, 1.82) is 0 Å². The van der Waals surface area contributed by atoms with E-state index in [0.29, 0.717) is 6.42 Å². The summed E-state index contributed by atoms with van der Waals surface area (Å²) in [5.41, 5.74) is 0. The molecule has 1 unspecified atom stereocenters. The largest absolute Gasteiger partial charge is 0.469 e. The summed E-state index contributed by atoms with van der Waals surface area (Å²) >= 11 is 0. The van der Waals surface area contributed by atoms with E-state index in [1.165, 1.54) is 7.11 Å². The van der Waals surface area contributed by atoms with E-state index in [2.05, 4.69) is 10.1 Å². The molecule has 10 heavy (non-hydrogen) atoms. The molecule has 0 aromatic rings. The summed E-state index contributed by atoms with van der Waals surface area (Å²) < 4.78 is 4.50. The van der Waals surface area contributed by atoms with Crippen LogP contribution < -0.4 is 5.32 Å². The number of hydrogen-bond acceptors (Lipinski definition) is 3. The molecule has 0 saturated carbocycles. The Morgan fingerprint density at radius 3 is 3.20 bits per heavy atom. The molecule has 0 fully saturated rings. The van der Waals surface area contributed by atoms with Crippen molar-refractivity contribution in [2.24, 2.45) is 0 Å². The SMILES string of the molecule is COC(=O)CC1C=CCN1. The van der Waals surface area contributed by atoms with Crippen LogP contribution in [0.3, 0.4) is 0 Å². The lowest BCUT2D eigenvalue weighted by Crippen LogP contribution is -2.25. The van der Waals surface area contributed by atoms with Gasteiger partial charge in [-0.05, 0) is 0 Å². The van der Waals surface area contributed by atoms with Crippen LogP contribution in [-0.2, 0) is 9.53 Å². The zero-order valence-corrected chi connectivity index (χ0v) is 5.96. The number of carbonyl (C=O) groups excluding carboxylic acids is 1. The van der Waals surface area contributed by atoms with E-state index in [-0.39, 0.29) is 12.0 Å². The van der Waals surface area contributed by atoms with E-state index in [1.807, 2.05) is 12.2 Å². The Balaban J connectivity index is 2.24. The van der Waals surface area contributed by atoms with Gasteiger partial charge in [0.25, 0.3) is 0 Å². The number of hydrogen-bond donors (Lipinski definition) is 1. The van der Waals surface area contributed by atoms with Gasteiger partial charge in [-0.3, -0.25) is 4.79 Å². The molecule has 1 rings (SSSR count). The van der Waals surface area contributed by atoms with E-state index in [1.54, 1.807) is 0 Å². The summed E-state index contributed by atoms with van der Waals surface area (Å²) in [6.07, 6.45) is 4.43. The van der Waals surface area contributed by atoms with Gasteiger partial charge >= 0.3 is 5.97 Å².